The fraction of sp³-hybridized carbons (Fsp3) is 0.444. The first-order chi connectivity index (χ1) is 11.4. The molecule has 2 N–H and O–H groups in total. The predicted octanol–water partition coefficient (Wildman–Crippen LogP) is 2.99. The number of carbonyl (C=O) groups excluding carboxylic acids is 1. The van der Waals surface area contributed by atoms with E-state index in [9.17, 15) is 4.79 Å². The topological polar surface area (TPSA) is 62.2 Å². The van der Waals surface area contributed by atoms with Gasteiger partial charge in [-0.3, -0.25) is 4.68 Å². The molecule has 1 aliphatic rings. The molecular weight excluding hydrogens is 302 g/mol. The molecule has 2 amide bonds. The molecule has 6 heteroatoms. The molecule has 0 aliphatic carbocycles. The Labute approximate surface area is 142 Å². The number of nitrogens with one attached hydrogen (secondary N) is 2. The normalized spacial score (nSPS) is 14.9. The van der Waals surface area contributed by atoms with Gasteiger partial charge in [-0.25, -0.2) is 4.79 Å². The molecule has 1 aromatic carbocycles. The Bertz CT molecular complexity index is 752. The molecule has 6 nitrogen and oxygen atoms in total. The zero-order chi connectivity index (χ0) is 17.3. The molecule has 24 heavy (non-hydrogen) atoms. The lowest BCUT2D eigenvalue weighted by atomic mass is 10.0. The molecule has 2 heterocycles. The molecule has 0 saturated carbocycles. The third kappa shape index (κ3) is 3.37. The highest BCUT2D eigenvalue weighted by Crippen LogP contribution is 2.28. The summed E-state index contributed by atoms with van der Waals surface area (Å²) in [5.41, 5.74) is 5.34. The average molecular weight is 327 g/mol. The van der Waals surface area contributed by atoms with Gasteiger partial charge < -0.3 is 15.5 Å². The van der Waals surface area contributed by atoms with Crippen LogP contribution in [0.3, 0.4) is 0 Å². The molecule has 1 unspecified atom stereocenters. The summed E-state index contributed by atoms with van der Waals surface area (Å²) in [7, 11) is 3.99. The van der Waals surface area contributed by atoms with Crippen molar-refractivity contribution < 1.29 is 4.79 Å². The van der Waals surface area contributed by atoms with E-state index in [0.717, 1.165) is 36.3 Å². The Balaban J connectivity index is 1.66. The van der Waals surface area contributed by atoms with Crippen LogP contribution < -0.4 is 15.5 Å². The van der Waals surface area contributed by atoms with Crippen molar-refractivity contribution in [2.75, 3.05) is 23.8 Å². The van der Waals surface area contributed by atoms with Crippen LogP contribution in [0.1, 0.15) is 36.2 Å². The molecule has 0 radical (unpaired) electrons. The van der Waals surface area contributed by atoms with Gasteiger partial charge in [0.1, 0.15) is 0 Å². The third-order valence-electron chi connectivity index (χ3n) is 4.55. The highest BCUT2D eigenvalue weighted by molar-refractivity contribution is 5.90. The Morgan fingerprint density at radius 2 is 2.12 bits per heavy atom. The van der Waals surface area contributed by atoms with E-state index in [2.05, 4.69) is 39.8 Å². The zero-order valence-electron chi connectivity index (χ0n) is 14.8. The number of hydrogen-bond donors (Lipinski definition) is 2. The van der Waals surface area contributed by atoms with Crippen molar-refractivity contribution in [2.24, 2.45) is 7.05 Å². The van der Waals surface area contributed by atoms with Crippen LogP contribution in [0.5, 0.6) is 0 Å². The minimum atomic E-state index is -0.199. The summed E-state index contributed by atoms with van der Waals surface area (Å²) in [5, 5.41) is 10.2. The SMILES string of the molecule is Cc1nn(C)cc1C(C)NC(=O)Nc1ccc2c(c1)CCCN2C. The first kappa shape index (κ1) is 16.4. The van der Waals surface area contributed by atoms with Crippen molar-refractivity contribution in [1.82, 2.24) is 15.1 Å². The highest BCUT2D eigenvalue weighted by Gasteiger charge is 2.16. The van der Waals surface area contributed by atoms with E-state index in [0.29, 0.717) is 0 Å². The van der Waals surface area contributed by atoms with Crippen molar-refractivity contribution in [3.05, 3.63) is 41.2 Å². The predicted molar refractivity (Wildman–Crippen MR) is 96.5 cm³/mol. The number of nitrogens with zero attached hydrogens (tertiary/aromatic N) is 3. The third-order valence-corrected chi connectivity index (χ3v) is 4.55. The van der Waals surface area contributed by atoms with E-state index >= 15 is 0 Å². The quantitative estimate of drug-likeness (QED) is 0.911. The number of aromatic nitrogens is 2. The number of fused-ring (bicyclic) bond motifs is 1. The molecule has 0 fully saturated rings. The Hall–Kier alpha value is -2.50. The van der Waals surface area contributed by atoms with E-state index in [4.69, 9.17) is 0 Å². The number of benzene rings is 1. The van der Waals surface area contributed by atoms with Crippen LogP contribution in [0.2, 0.25) is 0 Å². The van der Waals surface area contributed by atoms with Crippen molar-refractivity contribution in [3.63, 3.8) is 0 Å². The summed E-state index contributed by atoms with van der Waals surface area (Å²) < 4.78 is 1.76. The van der Waals surface area contributed by atoms with Crippen molar-refractivity contribution in [3.8, 4) is 0 Å². The van der Waals surface area contributed by atoms with Gasteiger partial charge in [-0.2, -0.15) is 5.10 Å². The number of aryl methyl sites for hydroxylation is 3. The van der Waals surface area contributed by atoms with Gasteiger partial charge in [0.25, 0.3) is 0 Å². The van der Waals surface area contributed by atoms with Gasteiger partial charge in [-0.05, 0) is 50.5 Å². The standard InChI is InChI=1S/C18H25N5O/c1-12(16-11-23(4)21-13(16)2)19-18(24)20-15-7-8-17-14(10-15)6-5-9-22(17)3/h7-8,10-12H,5-6,9H2,1-4H3,(H2,19,20,24). The van der Waals surface area contributed by atoms with Crippen LogP contribution in [0, 0.1) is 6.92 Å². The first-order valence-corrected chi connectivity index (χ1v) is 8.36. The molecule has 3 rings (SSSR count). The molecule has 2 aromatic rings. The monoisotopic (exact) mass is 327 g/mol. The second kappa shape index (κ2) is 6.55. The van der Waals surface area contributed by atoms with E-state index < -0.39 is 0 Å². The molecular formula is C18H25N5O. The summed E-state index contributed by atoms with van der Waals surface area (Å²) >= 11 is 0. The first-order valence-electron chi connectivity index (χ1n) is 8.36. The molecule has 0 spiro atoms. The van der Waals surface area contributed by atoms with Crippen molar-refractivity contribution >= 4 is 17.4 Å². The fourth-order valence-electron chi connectivity index (χ4n) is 3.35. The Kier molecular flexibility index (Phi) is 4.46. The minimum absolute atomic E-state index is 0.0949. The highest BCUT2D eigenvalue weighted by atomic mass is 16.2. The van der Waals surface area contributed by atoms with E-state index in [-0.39, 0.29) is 12.1 Å². The van der Waals surface area contributed by atoms with Gasteiger partial charge in [0.15, 0.2) is 0 Å². The Morgan fingerprint density at radius 3 is 2.83 bits per heavy atom. The van der Waals surface area contributed by atoms with Gasteiger partial charge in [-0.1, -0.05) is 0 Å². The van der Waals surface area contributed by atoms with E-state index in [1.54, 1.807) is 4.68 Å². The number of urea groups is 1. The van der Waals surface area contributed by atoms with Gasteiger partial charge in [-0.15, -0.1) is 0 Å². The zero-order valence-corrected chi connectivity index (χ0v) is 14.8. The van der Waals surface area contributed by atoms with Gasteiger partial charge in [0.2, 0.25) is 0 Å². The Morgan fingerprint density at radius 1 is 1.33 bits per heavy atom. The van der Waals surface area contributed by atoms with Gasteiger partial charge >= 0.3 is 6.03 Å². The maximum atomic E-state index is 12.3. The van der Waals surface area contributed by atoms with Crippen LogP contribution in [0.25, 0.3) is 0 Å². The van der Waals surface area contributed by atoms with Crippen LogP contribution in [-0.2, 0) is 13.5 Å². The summed E-state index contributed by atoms with van der Waals surface area (Å²) in [5.74, 6) is 0. The smallest absolute Gasteiger partial charge is 0.319 e. The van der Waals surface area contributed by atoms with Crippen LogP contribution in [0.15, 0.2) is 24.4 Å². The van der Waals surface area contributed by atoms with E-state index in [1.807, 2.05) is 33.2 Å². The number of carbonyl (C=O) groups is 1. The lowest BCUT2D eigenvalue weighted by Gasteiger charge is -2.27. The molecule has 0 bridgehead atoms. The fourth-order valence-corrected chi connectivity index (χ4v) is 3.35. The molecule has 1 aromatic heterocycles. The lowest BCUT2D eigenvalue weighted by Crippen LogP contribution is -2.31. The van der Waals surface area contributed by atoms with Gasteiger partial charge in [0.05, 0.1) is 11.7 Å². The van der Waals surface area contributed by atoms with Crippen LogP contribution in [-0.4, -0.2) is 29.4 Å². The maximum Gasteiger partial charge on any atom is 0.319 e. The van der Waals surface area contributed by atoms with Crippen molar-refractivity contribution in [1.29, 1.82) is 0 Å². The summed E-state index contributed by atoms with van der Waals surface area (Å²) in [6, 6.07) is 5.82. The largest absolute Gasteiger partial charge is 0.374 e. The maximum absolute atomic E-state index is 12.3. The average Bonchev–Trinajstić information content (AvgIpc) is 2.86. The van der Waals surface area contributed by atoms with Crippen LogP contribution >= 0.6 is 0 Å². The molecule has 1 aliphatic heterocycles. The minimum Gasteiger partial charge on any atom is -0.374 e. The van der Waals surface area contributed by atoms with Crippen LogP contribution in [0.4, 0.5) is 16.2 Å². The lowest BCUT2D eigenvalue weighted by molar-refractivity contribution is 0.249. The number of anilines is 2. The molecule has 128 valence electrons. The molecule has 1 atom stereocenters. The summed E-state index contributed by atoms with van der Waals surface area (Å²) in [6.07, 6.45) is 4.15. The molecule has 0 saturated heterocycles. The van der Waals surface area contributed by atoms with E-state index in [1.165, 1.54) is 11.3 Å². The number of rotatable bonds is 3. The van der Waals surface area contributed by atoms with Crippen molar-refractivity contribution in [2.45, 2.75) is 32.7 Å². The number of hydrogen-bond acceptors (Lipinski definition) is 3. The second-order valence-corrected chi connectivity index (χ2v) is 6.53. The summed E-state index contributed by atoms with van der Waals surface area (Å²) in [6.45, 7) is 5.00. The second-order valence-electron chi connectivity index (χ2n) is 6.53. The number of amides is 2. The summed E-state index contributed by atoms with van der Waals surface area (Å²) in [4.78, 5) is 14.5. The van der Waals surface area contributed by atoms with Gasteiger partial charge in [0, 0.05) is 43.8 Å².